The van der Waals surface area contributed by atoms with Crippen molar-refractivity contribution in [2.75, 3.05) is 12.3 Å². The molecule has 1 aromatic rings. The smallest absolute Gasteiger partial charge is 0.313 e. The standard InChI is InChI=1S/C14H20F3NS/c1-4-18-8-11-5-6-12(19-9-10(2)3)7-13(11)14(15,16)17/h5-7,10,18H,4,8-9H2,1-3H3. The van der Waals surface area contributed by atoms with Crippen LogP contribution in [0.1, 0.15) is 31.9 Å². The molecule has 0 amide bonds. The Balaban J connectivity index is 2.95. The fourth-order valence-corrected chi connectivity index (χ4v) is 2.48. The van der Waals surface area contributed by atoms with Crippen LogP contribution in [0.5, 0.6) is 0 Å². The van der Waals surface area contributed by atoms with Crippen LogP contribution in [-0.2, 0) is 12.7 Å². The molecule has 0 heterocycles. The third-order valence-electron chi connectivity index (χ3n) is 2.54. The van der Waals surface area contributed by atoms with Crippen LogP contribution >= 0.6 is 11.8 Å². The van der Waals surface area contributed by atoms with Gasteiger partial charge in [0.1, 0.15) is 0 Å². The molecule has 0 saturated carbocycles. The van der Waals surface area contributed by atoms with Gasteiger partial charge in [-0.15, -0.1) is 11.8 Å². The van der Waals surface area contributed by atoms with E-state index in [1.165, 1.54) is 17.8 Å². The Morgan fingerprint density at radius 1 is 1.26 bits per heavy atom. The van der Waals surface area contributed by atoms with E-state index < -0.39 is 11.7 Å². The summed E-state index contributed by atoms with van der Waals surface area (Å²) in [5.41, 5.74) is -0.217. The van der Waals surface area contributed by atoms with Crippen LogP contribution in [0.4, 0.5) is 13.2 Å². The molecular formula is C14H20F3NS. The van der Waals surface area contributed by atoms with Gasteiger partial charge in [-0.05, 0) is 30.2 Å². The summed E-state index contributed by atoms with van der Waals surface area (Å²) in [7, 11) is 0. The summed E-state index contributed by atoms with van der Waals surface area (Å²) >= 11 is 1.47. The molecule has 1 N–H and O–H groups in total. The SMILES string of the molecule is CCNCc1ccc(SCC(C)C)cc1C(F)(F)F. The summed E-state index contributed by atoms with van der Waals surface area (Å²) in [5, 5.41) is 2.94. The Kier molecular flexibility index (Phi) is 6.20. The van der Waals surface area contributed by atoms with Crippen LogP contribution in [0.2, 0.25) is 0 Å². The van der Waals surface area contributed by atoms with Crippen molar-refractivity contribution in [3.05, 3.63) is 29.3 Å². The average Bonchev–Trinajstić information content (AvgIpc) is 2.33. The van der Waals surface area contributed by atoms with E-state index in [4.69, 9.17) is 0 Å². The third kappa shape index (κ3) is 5.45. The number of nitrogens with one attached hydrogen (secondary N) is 1. The number of hydrogen-bond acceptors (Lipinski definition) is 2. The van der Waals surface area contributed by atoms with Crippen LogP contribution < -0.4 is 5.32 Å². The summed E-state index contributed by atoms with van der Waals surface area (Å²) in [6, 6.07) is 4.61. The average molecular weight is 291 g/mol. The van der Waals surface area contributed by atoms with E-state index in [9.17, 15) is 13.2 Å². The highest BCUT2D eigenvalue weighted by Gasteiger charge is 2.33. The second-order valence-corrected chi connectivity index (χ2v) is 5.90. The molecule has 108 valence electrons. The van der Waals surface area contributed by atoms with Crippen molar-refractivity contribution < 1.29 is 13.2 Å². The zero-order valence-electron chi connectivity index (χ0n) is 11.5. The maximum Gasteiger partial charge on any atom is 0.416 e. The third-order valence-corrected chi connectivity index (χ3v) is 3.96. The van der Waals surface area contributed by atoms with Gasteiger partial charge in [0.25, 0.3) is 0 Å². The molecule has 19 heavy (non-hydrogen) atoms. The van der Waals surface area contributed by atoms with Gasteiger partial charge in [-0.1, -0.05) is 26.8 Å². The monoisotopic (exact) mass is 291 g/mol. The molecule has 0 aromatic heterocycles. The van der Waals surface area contributed by atoms with Gasteiger partial charge >= 0.3 is 6.18 Å². The number of benzene rings is 1. The van der Waals surface area contributed by atoms with Crippen LogP contribution in [0.3, 0.4) is 0 Å². The Morgan fingerprint density at radius 3 is 2.47 bits per heavy atom. The molecule has 0 aliphatic carbocycles. The van der Waals surface area contributed by atoms with E-state index >= 15 is 0 Å². The lowest BCUT2D eigenvalue weighted by molar-refractivity contribution is -0.138. The van der Waals surface area contributed by atoms with Crippen molar-refractivity contribution in [1.29, 1.82) is 0 Å². The fraction of sp³-hybridized carbons (Fsp3) is 0.571. The summed E-state index contributed by atoms with van der Waals surface area (Å²) in [4.78, 5) is 0.682. The zero-order chi connectivity index (χ0) is 14.5. The first-order chi connectivity index (χ1) is 8.84. The molecule has 0 spiro atoms. The molecule has 1 nitrogen and oxygen atoms in total. The molecule has 0 radical (unpaired) electrons. The van der Waals surface area contributed by atoms with Crippen molar-refractivity contribution in [3.63, 3.8) is 0 Å². The molecule has 0 aliphatic rings. The lowest BCUT2D eigenvalue weighted by atomic mass is 10.1. The van der Waals surface area contributed by atoms with Crippen molar-refractivity contribution in [2.24, 2.45) is 5.92 Å². The van der Waals surface area contributed by atoms with Gasteiger partial charge in [-0.2, -0.15) is 13.2 Å². The molecule has 0 fully saturated rings. The zero-order valence-corrected chi connectivity index (χ0v) is 12.3. The van der Waals surface area contributed by atoms with Crippen molar-refractivity contribution in [1.82, 2.24) is 5.32 Å². The molecule has 1 aromatic carbocycles. The van der Waals surface area contributed by atoms with Crippen LogP contribution in [0.15, 0.2) is 23.1 Å². The second kappa shape index (κ2) is 7.20. The Morgan fingerprint density at radius 2 is 1.95 bits per heavy atom. The van der Waals surface area contributed by atoms with Crippen molar-refractivity contribution in [3.8, 4) is 0 Å². The first kappa shape index (κ1) is 16.4. The topological polar surface area (TPSA) is 12.0 Å². The minimum absolute atomic E-state index is 0.250. The molecular weight excluding hydrogens is 271 g/mol. The van der Waals surface area contributed by atoms with E-state index in [1.54, 1.807) is 12.1 Å². The summed E-state index contributed by atoms with van der Waals surface area (Å²) in [6.45, 7) is 6.89. The Hall–Kier alpha value is -0.680. The highest BCUT2D eigenvalue weighted by atomic mass is 32.2. The van der Waals surface area contributed by atoms with E-state index in [1.807, 2.05) is 6.92 Å². The summed E-state index contributed by atoms with van der Waals surface area (Å²) in [5.74, 6) is 1.28. The van der Waals surface area contributed by atoms with Gasteiger partial charge in [-0.3, -0.25) is 0 Å². The van der Waals surface area contributed by atoms with Gasteiger partial charge in [0.15, 0.2) is 0 Å². The van der Waals surface area contributed by atoms with Gasteiger partial charge in [0.05, 0.1) is 5.56 Å². The molecule has 0 aliphatic heterocycles. The lowest BCUT2D eigenvalue weighted by Crippen LogP contribution is -2.17. The molecule has 5 heteroatoms. The van der Waals surface area contributed by atoms with Crippen molar-refractivity contribution in [2.45, 2.75) is 38.4 Å². The van der Waals surface area contributed by atoms with Gasteiger partial charge in [0, 0.05) is 17.2 Å². The minimum atomic E-state index is -4.29. The molecule has 0 bridgehead atoms. The molecule has 0 saturated heterocycles. The highest BCUT2D eigenvalue weighted by Crippen LogP contribution is 2.35. The maximum atomic E-state index is 13.0. The van der Waals surface area contributed by atoms with Crippen LogP contribution in [-0.4, -0.2) is 12.3 Å². The highest BCUT2D eigenvalue weighted by molar-refractivity contribution is 7.99. The maximum absolute atomic E-state index is 13.0. The van der Waals surface area contributed by atoms with E-state index in [-0.39, 0.29) is 6.54 Å². The normalized spacial score (nSPS) is 12.2. The molecule has 1 rings (SSSR count). The molecule has 0 atom stereocenters. The van der Waals surface area contributed by atoms with Crippen LogP contribution in [0, 0.1) is 5.92 Å². The number of hydrogen-bond donors (Lipinski definition) is 1. The number of rotatable bonds is 6. The summed E-state index contributed by atoms with van der Waals surface area (Å²) in [6.07, 6.45) is -4.29. The first-order valence-electron chi connectivity index (χ1n) is 6.38. The second-order valence-electron chi connectivity index (χ2n) is 4.80. The lowest BCUT2D eigenvalue weighted by Gasteiger charge is -2.15. The number of halogens is 3. The summed E-state index contributed by atoms with van der Waals surface area (Å²) < 4.78 is 39.1. The molecule has 0 unspecified atom stereocenters. The predicted octanol–water partition coefficient (Wildman–Crippen LogP) is 4.56. The van der Waals surface area contributed by atoms with Crippen molar-refractivity contribution >= 4 is 11.8 Å². The van der Waals surface area contributed by atoms with E-state index in [2.05, 4.69) is 19.2 Å². The largest absolute Gasteiger partial charge is 0.416 e. The predicted molar refractivity (Wildman–Crippen MR) is 74.4 cm³/mol. The number of thioether (sulfide) groups is 1. The van der Waals surface area contributed by atoms with E-state index in [0.29, 0.717) is 22.9 Å². The minimum Gasteiger partial charge on any atom is -0.313 e. The van der Waals surface area contributed by atoms with E-state index in [0.717, 1.165) is 5.75 Å². The fourth-order valence-electron chi connectivity index (χ4n) is 1.59. The Bertz CT molecular complexity index is 402. The van der Waals surface area contributed by atoms with Crippen LogP contribution in [0.25, 0.3) is 0 Å². The van der Waals surface area contributed by atoms with Gasteiger partial charge in [-0.25, -0.2) is 0 Å². The Labute approximate surface area is 117 Å². The quantitative estimate of drug-likeness (QED) is 0.771. The van der Waals surface area contributed by atoms with Gasteiger partial charge in [0.2, 0.25) is 0 Å². The van der Waals surface area contributed by atoms with Gasteiger partial charge < -0.3 is 5.32 Å². The first-order valence-corrected chi connectivity index (χ1v) is 7.36. The number of alkyl halides is 3.